The van der Waals surface area contributed by atoms with Crippen LogP contribution in [0.5, 0.6) is 0 Å². The van der Waals surface area contributed by atoms with Gasteiger partial charge in [-0.1, -0.05) is 84.5 Å². The molecular weight excluding hydrogens is 424 g/mol. The second-order valence-corrected chi connectivity index (χ2v) is 9.69. The predicted molar refractivity (Wildman–Crippen MR) is 132 cm³/mol. The van der Waals surface area contributed by atoms with Crippen LogP contribution in [0.2, 0.25) is 0 Å². The van der Waals surface area contributed by atoms with Crippen LogP contribution in [0.15, 0.2) is 84.5 Å². The number of carboxylic acids is 1. The zero-order valence-corrected chi connectivity index (χ0v) is 19.3. The second-order valence-electron chi connectivity index (χ2n) is 9.69. The standard InChI is InChI=1S/C29H32N2O3/c32-28(26(21-12-6-2-7-13-21)22-14-8-3-9-15-22)31-23-16-17-24(27(31)29(33)34)25(18-23)30-19-20-10-4-1-5-11-20/h1-4,6-10,12-15,23-27,30H,5,11,16-19H2,(H,33,34)/t23-,24?,25?,27+/m1/s1. The average molecular weight is 457 g/mol. The summed E-state index contributed by atoms with van der Waals surface area (Å²) in [5.41, 5.74) is 3.16. The fraction of sp³-hybridized carbons (Fsp3) is 0.379. The predicted octanol–water partition coefficient (Wildman–Crippen LogP) is 4.52. The van der Waals surface area contributed by atoms with Crippen molar-refractivity contribution in [3.8, 4) is 0 Å². The Kier molecular flexibility index (Phi) is 6.63. The highest BCUT2D eigenvalue weighted by atomic mass is 16.4. The maximum atomic E-state index is 14.1. The lowest BCUT2D eigenvalue weighted by molar-refractivity contribution is -0.165. The van der Waals surface area contributed by atoms with Crippen molar-refractivity contribution < 1.29 is 14.7 Å². The molecule has 0 radical (unpaired) electrons. The molecule has 2 aromatic rings. The van der Waals surface area contributed by atoms with Crippen LogP contribution in [-0.4, -0.2) is 46.6 Å². The first kappa shape index (κ1) is 22.6. The minimum atomic E-state index is -0.894. The highest BCUT2D eigenvalue weighted by Gasteiger charge is 2.53. The van der Waals surface area contributed by atoms with Crippen molar-refractivity contribution in [2.45, 2.75) is 56.1 Å². The van der Waals surface area contributed by atoms with Gasteiger partial charge in [0.05, 0.1) is 5.92 Å². The minimum absolute atomic E-state index is 0.0637. The van der Waals surface area contributed by atoms with E-state index in [1.54, 1.807) is 4.90 Å². The maximum absolute atomic E-state index is 14.1. The van der Waals surface area contributed by atoms with Crippen LogP contribution < -0.4 is 5.32 Å². The van der Waals surface area contributed by atoms with Gasteiger partial charge in [0, 0.05) is 24.5 Å². The molecule has 2 aromatic carbocycles. The summed E-state index contributed by atoms with van der Waals surface area (Å²) in [6.07, 6.45) is 11.0. The number of nitrogens with one attached hydrogen (secondary N) is 1. The van der Waals surface area contributed by atoms with Gasteiger partial charge < -0.3 is 15.3 Å². The molecule has 0 spiro atoms. The molecular formula is C29H32N2O3. The Hall–Kier alpha value is -3.18. The zero-order valence-electron chi connectivity index (χ0n) is 19.3. The van der Waals surface area contributed by atoms with Crippen LogP contribution in [0.3, 0.4) is 0 Å². The van der Waals surface area contributed by atoms with Gasteiger partial charge in [-0.25, -0.2) is 4.79 Å². The van der Waals surface area contributed by atoms with Gasteiger partial charge in [0.15, 0.2) is 0 Å². The maximum Gasteiger partial charge on any atom is 0.326 e. The summed E-state index contributed by atoms with van der Waals surface area (Å²) >= 11 is 0. The summed E-state index contributed by atoms with van der Waals surface area (Å²) in [5.74, 6) is -1.58. The van der Waals surface area contributed by atoms with Crippen molar-refractivity contribution in [1.29, 1.82) is 0 Å². The molecule has 6 rings (SSSR count). The number of allylic oxidation sites excluding steroid dienone is 3. The molecule has 2 saturated heterocycles. The van der Waals surface area contributed by atoms with Crippen LogP contribution in [0.1, 0.15) is 49.1 Å². The molecule has 2 unspecified atom stereocenters. The molecule has 2 bridgehead atoms. The normalized spacial score (nSPS) is 25.9. The molecule has 176 valence electrons. The number of piperidine rings is 2. The Labute approximate surface area is 201 Å². The Morgan fingerprint density at radius 2 is 1.68 bits per heavy atom. The van der Waals surface area contributed by atoms with Gasteiger partial charge >= 0.3 is 5.97 Å². The smallest absolute Gasteiger partial charge is 0.326 e. The number of carbonyl (C=O) groups excluding carboxylic acids is 1. The fourth-order valence-corrected chi connectivity index (χ4v) is 6.07. The summed E-state index contributed by atoms with van der Waals surface area (Å²) in [5, 5.41) is 14.0. The lowest BCUT2D eigenvalue weighted by Crippen LogP contribution is -2.67. The first-order valence-electron chi connectivity index (χ1n) is 12.4. The van der Waals surface area contributed by atoms with Gasteiger partial charge in [0.25, 0.3) is 0 Å². The lowest BCUT2D eigenvalue weighted by atomic mass is 9.70. The molecule has 5 heteroatoms. The monoisotopic (exact) mass is 456 g/mol. The van der Waals surface area contributed by atoms with Crippen molar-refractivity contribution >= 4 is 11.9 Å². The lowest BCUT2D eigenvalue weighted by Gasteiger charge is -2.54. The Balaban J connectivity index is 1.42. The van der Waals surface area contributed by atoms with Crippen LogP contribution in [0.4, 0.5) is 0 Å². The SMILES string of the molecule is O=C(O)[C@@H]1C2CC[C@H](CC2NCC2=CC=CCC2)N1C(=O)C(c1ccccc1)c1ccccc1. The van der Waals surface area contributed by atoms with E-state index in [0.717, 1.165) is 49.8 Å². The number of hydrogen-bond acceptors (Lipinski definition) is 3. The molecule has 5 nitrogen and oxygen atoms in total. The van der Waals surface area contributed by atoms with Gasteiger partial charge in [-0.15, -0.1) is 0 Å². The van der Waals surface area contributed by atoms with Crippen molar-refractivity contribution in [2.75, 3.05) is 6.54 Å². The Morgan fingerprint density at radius 1 is 1.00 bits per heavy atom. The van der Waals surface area contributed by atoms with E-state index in [1.165, 1.54) is 5.57 Å². The van der Waals surface area contributed by atoms with Gasteiger partial charge in [0.1, 0.15) is 6.04 Å². The van der Waals surface area contributed by atoms with E-state index in [2.05, 4.69) is 23.5 Å². The molecule has 2 aliphatic heterocycles. The van der Waals surface area contributed by atoms with Crippen molar-refractivity contribution in [2.24, 2.45) is 5.92 Å². The molecule has 3 fully saturated rings. The molecule has 2 aliphatic carbocycles. The van der Waals surface area contributed by atoms with Crippen molar-refractivity contribution in [3.63, 3.8) is 0 Å². The third-order valence-corrected chi connectivity index (χ3v) is 7.69. The first-order valence-corrected chi connectivity index (χ1v) is 12.4. The van der Waals surface area contributed by atoms with Gasteiger partial charge in [-0.2, -0.15) is 0 Å². The quantitative estimate of drug-likeness (QED) is 0.643. The Morgan fingerprint density at radius 3 is 2.26 bits per heavy atom. The van der Waals surface area contributed by atoms with Crippen LogP contribution >= 0.6 is 0 Å². The highest BCUT2D eigenvalue weighted by molar-refractivity contribution is 5.91. The molecule has 2 heterocycles. The van der Waals surface area contributed by atoms with E-state index in [-0.39, 0.29) is 23.9 Å². The number of carbonyl (C=O) groups is 2. The number of benzene rings is 2. The molecule has 1 saturated carbocycles. The van der Waals surface area contributed by atoms with E-state index < -0.39 is 17.9 Å². The van der Waals surface area contributed by atoms with E-state index in [1.807, 2.05) is 60.7 Å². The number of carboxylic acid groups (broad SMARTS) is 1. The molecule has 4 aliphatic rings. The molecule has 4 atom stereocenters. The Bertz CT molecular complexity index is 1040. The number of hydrogen-bond donors (Lipinski definition) is 2. The van der Waals surface area contributed by atoms with E-state index in [4.69, 9.17) is 0 Å². The van der Waals surface area contributed by atoms with Crippen LogP contribution in [-0.2, 0) is 9.59 Å². The summed E-state index contributed by atoms with van der Waals surface area (Å²) in [4.78, 5) is 28.4. The first-order chi connectivity index (χ1) is 16.6. The number of fused-ring (bicyclic) bond motifs is 3. The molecule has 0 aromatic heterocycles. The summed E-state index contributed by atoms with van der Waals surface area (Å²) < 4.78 is 0. The number of aliphatic carboxylic acids is 1. The number of rotatable bonds is 7. The van der Waals surface area contributed by atoms with E-state index >= 15 is 0 Å². The zero-order chi connectivity index (χ0) is 23.5. The fourth-order valence-electron chi connectivity index (χ4n) is 6.07. The van der Waals surface area contributed by atoms with E-state index in [9.17, 15) is 14.7 Å². The third-order valence-electron chi connectivity index (χ3n) is 7.69. The topological polar surface area (TPSA) is 69.6 Å². The minimum Gasteiger partial charge on any atom is -0.480 e. The molecule has 1 amide bonds. The largest absolute Gasteiger partial charge is 0.480 e. The number of nitrogens with zero attached hydrogens (tertiary/aromatic N) is 1. The average Bonchev–Trinajstić information content (AvgIpc) is 2.89. The summed E-state index contributed by atoms with van der Waals surface area (Å²) in [6, 6.07) is 18.7. The van der Waals surface area contributed by atoms with E-state index in [0.29, 0.717) is 0 Å². The second kappa shape index (κ2) is 9.98. The van der Waals surface area contributed by atoms with Crippen LogP contribution in [0, 0.1) is 5.92 Å². The molecule has 34 heavy (non-hydrogen) atoms. The van der Waals surface area contributed by atoms with Crippen molar-refractivity contribution in [1.82, 2.24) is 10.2 Å². The van der Waals surface area contributed by atoms with Gasteiger partial charge in [0.2, 0.25) is 5.91 Å². The van der Waals surface area contributed by atoms with Gasteiger partial charge in [-0.05, 0) is 43.2 Å². The third kappa shape index (κ3) is 4.45. The summed E-state index contributed by atoms with van der Waals surface area (Å²) in [6.45, 7) is 0.787. The summed E-state index contributed by atoms with van der Waals surface area (Å²) in [7, 11) is 0. The van der Waals surface area contributed by atoms with Crippen molar-refractivity contribution in [3.05, 3.63) is 95.6 Å². The van der Waals surface area contributed by atoms with Crippen LogP contribution in [0.25, 0.3) is 0 Å². The highest BCUT2D eigenvalue weighted by Crippen LogP contribution is 2.42. The number of amides is 1. The molecule has 2 N–H and O–H groups in total. The van der Waals surface area contributed by atoms with Gasteiger partial charge in [-0.3, -0.25) is 4.79 Å².